The van der Waals surface area contributed by atoms with Gasteiger partial charge in [-0.3, -0.25) is 4.90 Å². The number of nitrogens with zero attached hydrogens (tertiary/aromatic N) is 1. The van der Waals surface area contributed by atoms with Gasteiger partial charge in [-0.2, -0.15) is 13.2 Å². The summed E-state index contributed by atoms with van der Waals surface area (Å²) in [4.78, 5) is 1.54. The van der Waals surface area contributed by atoms with E-state index in [4.69, 9.17) is 0 Å². The van der Waals surface area contributed by atoms with E-state index in [0.717, 1.165) is 18.9 Å². The zero-order valence-electron chi connectivity index (χ0n) is 11.7. The standard InChI is InChI=1S/C14H25F3N2/c1-11-3-2-4-13(7-11)18-8-12-5-6-19(9-12)10-14(15,16)17/h11-13,18H,2-10H2,1H3. The first-order valence-corrected chi connectivity index (χ1v) is 7.45. The zero-order valence-corrected chi connectivity index (χ0v) is 11.7. The van der Waals surface area contributed by atoms with Gasteiger partial charge in [0.05, 0.1) is 6.54 Å². The molecule has 1 aliphatic heterocycles. The van der Waals surface area contributed by atoms with E-state index in [1.165, 1.54) is 30.6 Å². The molecule has 2 fully saturated rings. The van der Waals surface area contributed by atoms with Gasteiger partial charge in [-0.25, -0.2) is 0 Å². The molecule has 1 aliphatic carbocycles. The molecule has 0 aromatic carbocycles. The highest BCUT2D eigenvalue weighted by atomic mass is 19.4. The van der Waals surface area contributed by atoms with Crippen molar-refractivity contribution in [2.45, 2.75) is 51.2 Å². The lowest BCUT2D eigenvalue weighted by molar-refractivity contribution is -0.143. The van der Waals surface area contributed by atoms with Crippen molar-refractivity contribution < 1.29 is 13.2 Å². The van der Waals surface area contributed by atoms with Gasteiger partial charge < -0.3 is 5.32 Å². The molecule has 1 N–H and O–H groups in total. The largest absolute Gasteiger partial charge is 0.401 e. The average Bonchev–Trinajstić information content (AvgIpc) is 2.72. The molecule has 0 radical (unpaired) electrons. The second-order valence-electron chi connectivity index (χ2n) is 6.38. The SMILES string of the molecule is CC1CCCC(NCC2CCN(CC(F)(F)F)C2)C1. The second kappa shape index (κ2) is 6.44. The molecular weight excluding hydrogens is 253 g/mol. The molecule has 0 spiro atoms. The zero-order chi connectivity index (χ0) is 13.9. The van der Waals surface area contributed by atoms with Gasteiger partial charge in [0.1, 0.15) is 0 Å². The Kier molecular flexibility index (Phi) is 5.12. The Hall–Kier alpha value is -0.290. The smallest absolute Gasteiger partial charge is 0.314 e. The Balaban J connectivity index is 1.65. The molecule has 19 heavy (non-hydrogen) atoms. The molecule has 1 saturated heterocycles. The maximum Gasteiger partial charge on any atom is 0.401 e. The van der Waals surface area contributed by atoms with Crippen molar-refractivity contribution >= 4 is 0 Å². The van der Waals surface area contributed by atoms with Crippen molar-refractivity contribution in [1.82, 2.24) is 10.2 Å². The quantitative estimate of drug-likeness (QED) is 0.850. The molecule has 0 aromatic rings. The molecule has 5 heteroatoms. The van der Waals surface area contributed by atoms with Gasteiger partial charge in [0, 0.05) is 12.6 Å². The third kappa shape index (κ3) is 5.30. The van der Waals surface area contributed by atoms with Crippen molar-refractivity contribution in [1.29, 1.82) is 0 Å². The number of hydrogen-bond acceptors (Lipinski definition) is 2. The molecule has 2 rings (SSSR count). The highest BCUT2D eigenvalue weighted by Crippen LogP contribution is 2.25. The van der Waals surface area contributed by atoms with Crippen molar-refractivity contribution in [2.24, 2.45) is 11.8 Å². The summed E-state index contributed by atoms with van der Waals surface area (Å²) < 4.78 is 36.9. The molecule has 0 amide bonds. The highest BCUT2D eigenvalue weighted by molar-refractivity contribution is 4.82. The van der Waals surface area contributed by atoms with E-state index in [2.05, 4.69) is 12.2 Å². The summed E-state index contributed by atoms with van der Waals surface area (Å²) in [7, 11) is 0. The Morgan fingerprint density at radius 2 is 2.00 bits per heavy atom. The van der Waals surface area contributed by atoms with E-state index >= 15 is 0 Å². The number of alkyl halides is 3. The minimum absolute atomic E-state index is 0.389. The highest BCUT2D eigenvalue weighted by Gasteiger charge is 2.34. The topological polar surface area (TPSA) is 15.3 Å². The number of nitrogens with one attached hydrogen (secondary N) is 1. The lowest BCUT2D eigenvalue weighted by atomic mass is 9.87. The Morgan fingerprint density at radius 3 is 2.68 bits per heavy atom. The van der Waals surface area contributed by atoms with Gasteiger partial charge in [0.2, 0.25) is 0 Å². The van der Waals surface area contributed by atoms with Crippen LogP contribution < -0.4 is 5.32 Å². The summed E-state index contributed by atoms with van der Waals surface area (Å²) in [5.74, 6) is 1.18. The van der Waals surface area contributed by atoms with Crippen LogP contribution in [0.4, 0.5) is 13.2 Å². The first-order valence-electron chi connectivity index (χ1n) is 7.45. The predicted molar refractivity (Wildman–Crippen MR) is 70.0 cm³/mol. The number of rotatable bonds is 4. The first-order chi connectivity index (χ1) is 8.92. The van der Waals surface area contributed by atoms with Crippen LogP contribution in [0.5, 0.6) is 0 Å². The fourth-order valence-electron chi connectivity index (χ4n) is 3.43. The van der Waals surface area contributed by atoms with Gasteiger partial charge >= 0.3 is 6.18 Å². The van der Waals surface area contributed by atoms with E-state index in [1.807, 2.05) is 0 Å². The van der Waals surface area contributed by atoms with Gasteiger partial charge in [0.15, 0.2) is 0 Å². The van der Waals surface area contributed by atoms with Crippen LogP contribution in [0.2, 0.25) is 0 Å². The Bertz CT molecular complexity index is 280. The molecule has 2 nitrogen and oxygen atoms in total. The summed E-state index contributed by atoms with van der Waals surface area (Å²) in [6.45, 7) is 3.60. The van der Waals surface area contributed by atoms with Crippen LogP contribution in [0.25, 0.3) is 0 Å². The van der Waals surface area contributed by atoms with Gasteiger partial charge in [-0.15, -0.1) is 0 Å². The maximum atomic E-state index is 12.3. The van der Waals surface area contributed by atoms with Crippen LogP contribution in [0.15, 0.2) is 0 Å². The van der Waals surface area contributed by atoms with E-state index in [-0.39, 0.29) is 0 Å². The van der Waals surface area contributed by atoms with Gasteiger partial charge in [0.25, 0.3) is 0 Å². The van der Waals surface area contributed by atoms with Crippen LogP contribution in [0, 0.1) is 11.8 Å². The average molecular weight is 278 g/mol. The summed E-state index contributed by atoms with van der Waals surface area (Å²) in [5, 5.41) is 3.57. The van der Waals surface area contributed by atoms with Crippen LogP contribution in [0.3, 0.4) is 0 Å². The minimum Gasteiger partial charge on any atom is -0.314 e. The first kappa shape index (κ1) is 15.1. The minimum atomic E-state index is -4.05. The number of halogens is 3. The molecule has 1 saturated carbocycles. The van der Waals surface area contributed by atoms with Crippen LogP contribution in [-0.2, 0) is 0 Å². The summed E-state index contributed by atoms with van der Waals surface area (Å²) in [5.41, 5.74) is 0. The molecule has 3 atom stereocenters. The fourth-order valence-corrected chi connectivity index (χ4v) is 3.43. The monoisotopic (exact) mass is 278 g/mol. The van der Waals surface area contributed by atoms with Gasteiger partial charge in [-0.1, -0.05) is 19.8 Å². The van der Waals surface area contributed by atoms with Crippen LogP contribution in [-0.4, -0.2) is 43.3 Å². The Morgan fingerprint density at radius 1 is 1.21 bits per heavy atom. The molecule has 0 aromatic heterocycles. The van der Waals surface area contributed by atoms with E-state index in [1.54, 1.807) is 0 Å². The van der Waals surface area contributed by atoms with Crippen LogP contribution >= 0.6 is 0 Å². The van der Waals surface area contributed by atoms with Crippen molar-refractivity contribution in [3.05, 3.63) is 0 Å². The summed E-state index contributed by atoms with van der Waals surface area (Å²) >= 11 is 0. The summed E-state index contributed by atoms with van der Waals surface area (Å²) in [6, 6.07) is 0.584. The second-order valence-corrected chi connectivity index (χ2v) is 6.38. The number of hydrogen-bond donors (Lipinski definition) is 1. The van der Waals surface area contributed by atoms with Crippen LogP contribution in [0.1, 0.15) is 39.0 Å². The summed E-state index contributed by atoms with van der Waals surface area (Å²) in [6.07, 6.45) is 1.89. The molecular formula is C14H25F3N2. The van der Waals surface area contributed by atoms with Crippen molar-refractivity contribution in [2.75, 3.05) is 26.2 Å². The molecule has 0 bridgehead atoms. The molecule has 3 unspecified atom stereocenters. The maximum absolute atomic E-state index is 12.3. The number of likely N-dealkylation sites (tertiary alicyclic amines) is 1. The lowest BCUT2D eigenvalue weighted by Gasteiger charge is -2.28. The molecule has 112 valence electrons. The Labute approximate surface area is 113 Å². The fraction of sp³-hybridized carbons (Fsp3) is 1.00. The van der Waals surface area contributed by atoms with E-state index in [9.17, 15) is 13.2 Å². The van der Waals surface area contributed by atoms with Gasteiger partial charge in [-0.05, 0) is 44.2 Å². The van der Waals surface area contributed by atoms with E-state index < -0.39 is 12.7 Å². The van der Waals surface area contributed by atoms with E-state index in [0.29, 0.717) is 25.0 Å². The normalized spacial score (nSPS) is 33.8. The predicted octanol–water partition coefficient (Wildman–Crippen LogP) is 3.04. The molecule has 2 aliphatic rings. The van der Waals surface area contributed by atoms with Crippen molar-refractivity contribution in [3.8, 4) is 0 Å². The third-order valence-electron chi connectivity index (χ3n) is 4.40. The van der Waals surface area contributed by atoms with Crippen molar-refractivity contribution in [3.63, 3.8) is 0 Å². The molecule has 1 heterocycles. The third-order valence-corrected chi connectivity index (χ3v) is 4.40. The lowest BCUT2D eigenvalue weighted by Crippen LogP contribution is -2.38.